The number of halogens is 1. The van der Waals surface area contributed by atoms with E-state index in [0.717, 1.165) is 12.8 Å². The van der Waals surface area contributed by atoms with Crippen molar-refractivity contribution in [2.45, 2.75) is 39.2 Å². The van der Waals surface area contributed by atoms with Crippen LogP contribution in [0, 0.1) is 11.4 Å². The van der Waals surface area contributed by atoms with E-state index in [1.165, 1.54) is 25.0 Å². The van der Waals surface area contributed by atoms with Crippen molar-refractivity contribution < 1.29 is 4.39 Å². The fourth-order valence-corrected chi connectivity index (χ4v) is 2.80. The Hall–Kier alpha value is -1.78. The number of anilines is 1. The van der Waals surface area contributed by atoms with E-state index in [9.17, 15) is 4.39 Å². The van der Waals surface area contributed by atoms with Crippen LogP contribution in [0.4, 0.5) is 10.2 Å². The van der Waals surface area contributed by atoms with Crippen molar-refractivity contribution in [1.29, 1.82) is 0 Å². The Labute approximate surface area is 111 Å². The van der Waals surface area contributed by atoms with E-state index < -0.39 is 5.95 Å². The van der Waals surface area contributed by atoms with Crippen LogP contribution in [-0.2, 0) is 0 Å². The first-order valence-electron chi connectivity index (χ1n) is 6.56. The molecular formula is C14H17FN4. The number of rotatable bonds is 2. The lowest BCUT2D eigenvalue weighted by atomic mass is 9.92. The number of fused-ring (bicyclic) bond motifs is 1. The number of nitrogens with zero attached hydrogens (tertiary/aromatic N) is 3. The normalized spacial score (nSPS) is 21.7. The SMILES string of the molecule is CC1(C)CCC(Nc2ncnc3cnc(F)cc23)C1. The highest BCUT2D eigenvalue weighted by Crippen LogP contribution is 2.38. The van der Waals surface area contributed by atoms with Gasteiger partial charge in [0.15, 0.2) is 0 Å². The predicted octanol–water partition coefficient (Wildman–Crippen LogP) is 3.15. The highest BCUT2D eigenvalue weighted by Gasteiger charge is 2.31. The van der Waals surface area contributed by atoms with Crippen molar-refractivity contribution in [3.63, 3.8) is 0 Å². The van der Waals surface area contributed by atoms with E-state index >= 15 is 0 Å². The molecule has 1 atom stereocenters. The van der Waals surface area contributed by atoms with Gasteiger partial charge in [-0.05, 0) is 24.7 Å². The van der Waals surface area contributed by atoms with E-state index in [1.807, 2.05) is 0 Å². The maximum Gasteiger partial charge on any atom is 0.213 e. The fourth-order valence-electron chi connectivity index (χ4n) is 2.80. The topological polar surface area (TPSA) is 50.7 Å². The minimum atomic E-state index is -0.503. The lowest BCUT2D eigenvalue weighted by molar-refractivity contribution is 0.378. The van der Waals surface area contributed by atoms with Crippen molar-refractivity contribution in [2.75, 3.05) is 5.32 Å². The van der Waals surface area contributed by atoms with E-state index in [2.05, 4.69) is 34.1 Å². The first-order chi connectivity index (χ1) is 9.03. The van der Waals surface area contributed by atoms with Gasteiger partial charge in [0.2, 0.25) is 5.95 Å². The van der Waals surface area contributed by atoms with Gasteiger partial charge in [0, 0.05) is 17.5 Å². The summed E-state index contributed by atoms with van der Waals surface area (Å²) < 4.78 is 13.3. The summed E-state index contributed by atoms with van der Waals surface area (Å²) in [5, 5.41) is 4.12. The predicted molar refractivity (Wildman–Crippen MR) is 72.3 cm³/mol. The molecule has 5 heteroatoms. The van der Waals surface area contributed by atoms with Crippen molar-refractivity contribution in [1.82, 2.24) is 15.0 Å². The third kappa shape index (κ3) is 2.50. The van der Waals surface area contributed by atoms with Gasteiger partial charge in [-0.3, -0.25) is 0 Å². The monoisotopic (exact) mass is 260 g/mol. The zero-order valence-corrected chi connectivity index (χ0v) is 11.2. The molecule has 1 saturated carbocycles. The molecule has 1 fully saturated rings. The summed E-state index contributed by atoms with van der Waals surface area (Å²) in [5.74, 6) is 0.200. The molecular weight excluding hydrogens is 243 g/mol. The Morgan fingerprint density at radius 3 is 2.89 bits per heavy atom. The van der Waals surface area contributed by atoms with Crippen LogP contribution < -0.4 is 5.32 Å². The maximum atomic E-state index is 13.3. The zero-order valence-electron chi connectivity index (χ0n) is 11.2. The van der Waals surface area contributed by atoms with Gasteiger partial charge in [-0.2, -0.15) is 4.39 Å². The van der Waals surface area contributed by atoms with Crippen LogP contribution in [0.5, 0.6) is 0 Å². The van der Waals surface area contributed by atoms with Gasteiger partial charge >= 0.3 is 0 Å². The van der Waals surface area contributed by atoms with Crippen LogP contribution in [0.15, 0.2) is 18.6 Å². The third-order valence-electron chi connectivity index (χ3n) is 3.80. The molecule has 3 rings (SSSR count). The van der Waals surface area contributed by atoms with E-state index in [4.69, 9.17) is 0 Å². The molecule has 0 amide bonds. The minimum Gasteiger partial charge on any atom is -0.367 e. The molecule has 0 radical (unpaired) electrons. The summed E-state index contributed by atoms with van der Waals surface area (Å²) in [4.78, 5) is 12.0. The lowest BCUT2D eigenvalue weighted by Gasteiger charge is -2.18. The standard InChI is InChI=1S/C14H17FN4/c1-14(2)4-3-9(6-14)19-13-10-5-12(15)16-7-11(10)17-8-18-13/h5,7-9H,3-4,6H2,1-2H3,(H,17,18,19). The summed E-state index contributed by atoms with van der Waals surface area (Å²) in [6.07, 6.45) is 6.35. The highest BCUT2D eigenvalue weighted by molar-refractivity contribution is 5.88. The Balaban J connectivity index is 1.91. The van der Waals surface area contributed by atoms with Crippen molar-refractivity contribution in [2.24, 2.45) is 5.41 Å². The first-order valence-corrected chi connectivity index (χ1v) is 6.56. The number of pyridine rings is 1. The molecule has 0 aliphatic heterocycles. The molecule has 0 spiro atoms. The summed E-state index contributed by atoms with van der Waals surface area (Å²) in [6, 6.07) is 1.78. The number of aromatic nitrogens is 3. The highest BCUT2D eigenvalue weighted by atomic mass is 19.1. The molecule has 4 nitrogen and oxygen atoms in total. The maximum absolute atomic E-state index is 13.3. The van der Waals surface area contributed by atoms with Crippen molar-refractivity contribution >= 4 is 16.7 Å². The fraction of sp³-hybridized carbons (Fsp3) is 0.500. The van der Waals surface area contributed by atoms with Gasteiger partial charge in [0.25, 0.3) is 0 Å². The molecule has 19 heavy (non-hydrogen) atoms. The molecule has 2 aromatic rings. The molecule has 2 heterocycles. The van der Waals surface area contributed by atoms with Crippen LogP contribution in [0.1, 0.15) is 33.1 Å². The second-order valence-corrected chi connectivity index (χ2v) is 5.99. The molecule has 2 aromatic heterocycles. The van der Waals surface area contributed by atoms with Crippen molar-refractivity contribution in [3.05, 3.63) is 24.5 Å². The van der Waals surface area contributed by atoms with Crippen LogP contribution in [-0.4, -0.2) is 21.0 Å². The molecule has 1 aliphatic rings. The minimum absolute atomic E-state index is 0.368. The zero-order chi connectivity index (χ0) is 13.5. The smallest absolute Gasteiger partial charge is 0.213 e. The van der Waals surface area contributed by atoms with Gasteiger partial charge < -0.3 is 5.32 Å². The lowest BCUT2D eigenvalue weighted by Crippen LogP contribution is -2.18. The Morgan fingerprint density at radius 1 is 1.32 bits per heavy atom. The van der Waals surface area contributed by atoms with Crippen LogP contribution in [0.3, 0.4) is 0 Å². The first kappa shape index (κ1) is 12.3. The van der Waals surface area contributed by atoms with Gasteiger partial charge in [-0.15, -0.1) is 0 Å². The molecule has 1 unspecified atom stereocenters. The second-order valence-electron chi connectivity index (χ2n) is 5.99. The summed E-state index contributed by atoms with van der Waals surface area (Å²) in [7, 11) is 0. The molecule has 1 aliphatic carbocycles. The van der Waals surface area contributed by atoms with Gasteiger partial charge in [-0.25, -0.2) is 15.0 Å². The molecule has 0 saturated heterocycles. The van der Waals surface area contributed by atoms with E-state index in [1.54, 1.807) is 0 Å². The van der Waals surface area contributed by atoms with Gasteiger partial charge in [0.1, 0.15) is 12.1 Å². The summed E-state index contributed by atoms with van der Waals surface area (Å²) >= 11 is 0. The quantitative estimate of drug-likeness (QED) is 0.843. The Bertz CT molecular complexity index is 611. The largest absolute Gasteiger partial charge is 0.367 e. The van der Waals surface area contributed by atoms with Crippen LogP contribution >= 0.6 is 0 Å². The second kappa shape index (κ2) is 4.40. The molecule has 100 valence electrons. The molecule has 0 aromatic carbocycles. The van der Waals surface area contributed by atoms with Crippen LogP contribution in [0.25, 0.3) is 10.9 Å². The van der Waals surface area contributed by atoms with Crippen molar-refractivity contribution in [3.8, 4) is 0 Å². The Kier molecular flexibility index (Phi) is 2.84. The molecule has 1 N–H and O–H groups in total. The number of hydrogen-bond acceptors (Lipinski definition) is 4. The van der Waals surface area contributed by atoms with Gasteiger partial charge in [-0.1, -0.05) is 13.8 Å². The van der Waals surface area contributed by atoms with E-state index in [0.29, 0.717) is 28.2 Å². The number of hydrogen-bond donors (Lipinski definition) is 1. The summed E-state index contributed by atoms with van der Waals surface area (Å²) in [6.45, 7) is 4.55. The van der Waals surface area contributed by atoms with E-state index in [-0.39, 0.29) is 0 Å². The average Bonchev–Trinajstić information content (AvgIpc) is 2.69. The average molecular weight is 260 g/mol. The Morgan fingerprint density at radius 2 is 2.16 bits per heavy atom. The number of nitrogens with one attached hydrogen (secondary N) is 1. The van der Waals surface area contributed by atoms with Gasteiger partial charge in [0.05, 0.1) is 11.7 Å². The third-order valence-corrected chi connectivity index (χ3v) is 3.80. The summed E-state index contributed by atoms with van der Waals surface area (Å²) in [5.41, 5.74) is 1.03. The van der Waals surface area contributed by atoms with Crippen LogP contribution in [0.2, 0.25) is 0 Å². The molecule has 0 bridgehead atoms.